The number of methoxy groups -OCH3 is 2. The van der Waals surface area contributed by atoms with Crippen LogP contribution in [0.3, 0.4) is 0 Å². The zero-order chi connectivity index (χ0) is 48.9. The molecule has 360 valence electrons. The molecule has 2 aliphatic rings. The number of ether oxygens (including phenoxy) is 2. The van der Waals surface area contributed by atoms with Crippen LogP contribution < -0.4 is 20.2 Å². The van der Waals surface area contributed by atoms with Gasteiger partial charge in [0.15, 0.2) is 0 Å². The van der Waals surface area contributed by atoms with Gasteiger partial charge in [0.05, 0.1) is 25.5 Å². The summed E-state index contributed by atoms with van der Waals surface area (Å²) in [4.78, 5) is 8.15. The molecule has 2 saturated carbocycles. The van der Waals surface area contributed by atoms with E-state index in [1.807, 2.05) is 97.1 Å². The van der Waals surface area contributed by atoms with Crippen LogP contribution in [-0.2, 0) is 0 Å². The van der Waals surface area contributed by atoms with E-state index in [1.165, 1.54) is 69.8 Å². The van der Waals surface area contributed by atoms with Crippen LogP contribution >= 0.6 is 19.5 Å². The van der Waals surface area contributed by atoms with Crippen LogP contribution in [0.2, 0.25) is 5.15 Å². The number of hydrogen-bond donors (Lipinski definition) is 2. The first-order valence-corrected chi connectivity index (χ1v) is 26.5. The number of halogens is 1. The van der Waals surface area contributed by atoms with E-state index in [0.717, 1.165) is 77.9 Å². The Morgan fingerprint density at radius 3 is 1.55 bits per heavy atom. The lowest BCUT2D eigenvalue weighted by atomic mass is 9.79. The molecule has 0 bridgehead atoms. The summed E-state index contributed by atoms with van der Waals surface area (Å²) in [6.45, 7) is 0. The standard InChI is InChI=1S/C26H35O2P.C17H11NO.C12H9BO3.C5H4ClN/c1-27-23-17-11-18-24(28-2)26(23)22-16-9-10-19-25(22)29(20-12-5-3-6-13-20)21-14-7-4-8-15-21;1-2-10-16-12(6-1)13-7-5-8-14(17(13)19-16)15-9-3-4-11-18-15;14-13(15)10-6-3-5-9-8-4-1-2-7-11(8)16-12(9)10;6-5-3-1-2-4-7-5/h9-11,16-21H,3-8,12-15H2,1-2H3;1-11H;1-7,14-15H;1-4H. The van der Waals surface area contributed by atoms with Gasteiger partial charge < -0.3 is 28.4 Å². The molecule has 2 aliphatic carbocycles. The van der Waals surface area contributed by atoms with E-state index in [2.05, 4.69) is 58.5 Å². The van der Waals surface area contributed by atoms with Gasteiger partial charge in [-0.3, -0.25) is 4.98 Å². The molecule has 0 spiro atoms. The molecule has 0 unspecified atom stereocenters. The predicted molar refractivity (Wildman–Crippen MR) is 295 cm³/mol. The van der Waals surface area contributed by atoms with Crippen molar-refractivity contribution in [2.45, 2.75) is 75.5 Å². The van der Waals surface area contributed by atoms with Crippen LogP contribution in [0.1, 0.15) is 64.2 Å². The van der Waals surface area contributed by atoms with Crippen molar-refractivity contribution in [3.63, 3.8) is 0 Å². The van der Waals surface area contributed by atoms with E-state index in [-0.39, 0.29) is 7.92 Å². The van der Waals surface area contributed by atoms with E-state index in [4.69, 9.17) is 29.9 Å². The minimum atomic E-state index is -1.51. The summed E-state index contributed by atoms with van der Waals surface area (Å²) in [5, 5.41) is 24.8. The lowest BCUT2D eigenvalue weighted by Crippen LogP contribution is -2.29. The number of rotatable bonds is 8. The molecule has 11 heteroatoms. The van der Waals surface area contributed by atoms with Crippen molar-refractivity contribution in [1.82, 2.24) is 9.97 Å². The second-order valence-electron chi connectivity index (χ2n) is 17.9. The molecule has 0 atom stereocenters. The molecule has 0 radical (unpaired) electrons. The fourth-order valence-electron chi connectivity index (χ4n) is 10.2. The number of furan rings is 2. The fraction of sp³-hybridized carbons (Fsp3) is 0.233. The molecule has 2 N–H and O–H groups in total. The normalized spacial score (nSPS) is 14.0. The van der Waals surface area contributed by atoms with Crippen molar-refractivity contribution in [3.8, 4) is 33.9 Å². The van der Waals surface area contributed by atoms with Crippen molar-refractivity contribution in [1.29, 1.82) is 0 Å². The van der Waals surface area contributed by atoms with Crippen molar-refractivity contribution < 1.29 is 28.4 Å². The zero-order valence-corrected chi connectivity index (χ0v) is 41.9. The summed E-state index contributed by atoms with van der Waals surface area (Å²) >= 11 is 5.43. The largest absolute Gasteiger partial charge is 0.496 e. The van der Waals surface area contributed by atoms with Gasteiger partial charge in [0, 0.05) is 45.0 Å². The third kappa shape index (κ3) is 11.5. The van der Waals surface area contributed by atoms with Gasteiger partial charge in [0.1, 0.15) is 39.0 Å². The maximum Gasteiger partial charge on any atom is 0.492 e. The smallest absolute Gasteiger partial charge is 0.492 e. The van der Waals surface area contributed by atoms with Crippen LogP contribution in [-0.4, -0.2) is 52.7 Å². The molecule has 71 heavy (non-hydrogen) atoms. The number of aromatic nitrogens is 2. The molecule has 12 rings (SSSR count). The average molecular weight is 981 g/mol. The second-order valence-corrected chi connectivity index (χ2v) is 21.0. The third-order valence-electron chi connectivity index (χ3n) is 13.5. The average Bonchev–Trinajstić information content (AvgIpc) is 4.01. The monoisotopic (exact) mass is 980 g/mol. The van der Waals surface area contributed by atoms with Crippen LogP contribution in [0.4, 0.5) is 0 Å². The van der Waals surface area contributed by atoms with Gasteiger partial charge in [-0.25, -0.2) is 4.98 Å². The Balaban J connectivity index is 0.000000128. The van der Waals surface area contributed by atoms with Gasteiger partial charge >= 0.3 is 7.12 Å². The summed E-state index contributed by atoms with van der Waals surface area (Å²) < 4.78 is 23.2. The molecule has 4 heterocycles. The highest BCUT2D eigenvalue weighted by atomic mass is 35.5. The maximum atomic E-state index is 9.24. The summed E-state index contributed by atoms with van der Waals surface area (Å²) in [6.07, 6.45) is 17.6. The van der Waals surface area contributed by atoms with Crippen molar-refractivity contribution in [2.75, 3.05) is 14.2 Å². The number of para-hydroxylation sites is 4. The molecular formula is C60H59BClN2O6P. The maximum absolute atomic E-state index is 9.24. The Labute approximate surface area is 422 Å². The van der Waals surface area contributed by atoms with E-state index in [9.17, 15) is 10.0 Å². The van der Waals surface area contributed by atoms with Gasteiger partial charge in [0.2, 0.25) is 0 Å². The van der Waals surface area contributed by atoms with Crippen molar-refractivity contribution in [2.24, 2.45) is 0 Å². The first-order valence-electron chi connectivity index (χ1n) is 24.7. The van der Waals surface area contributed by atoms with Gasteiger partial charge in [-0.15, -0.1) is 0 Å². The Morgan fingerprint density at radius 1 is 0.507 bits per heavy atom. The van der Waals surface area contributed by atoms with E-state index < -0.39 is 7.12 Å². The molecule has 0 saturated heterocycles. The molecule has 8 nitrogen and oxygen atoms in total. The molecule has 0 amide bonds. The first kappa shape index (κ1) is 49.5. The molecule has 4 aromatic heterocycles. The van der Waals surface area contributed by atoms with Crippen LogP contribution in [0.5, 0.6) is 11.5 Å². The Bertz CT molecular complexity index is 3240. The minimum absolute atomic E-state index is 0.182. The SMILES string of the molecule is COc1cccc(OC)c1-c1ccccc1P(C1CCCCC1)C1CCCCC1.Clc1ccccn1.OB(O)c1cccc2c1oc1ccccc12.c1ccc(-c2cccc3c2oc2ccccc23)nc1. The van der Waals surface area contributed by atoms with Crippen LogP contribution in [0.25, 0.3) is 66.3 Å². The number of pyridine rings is 2. The van der Waals surface area contributed by atoms with Gasteiger partial charge in [0.25, 0.3) is 0 Å². The topological polar surface area (TPSA) is 111 Å². The lowest BCUT2D eigenvalue weighted by molar-refractivity contribution is 0.397. The Morgan fingerprint density at radius 2 is 1.00 bits per heavy atom. The number of hydrogen-bond acceptors (Lipinski definition) is 8. The molecule has 6 aromatic carbocycles. The molecule has 2 fully saturated rings. The van der Waals surface area contributed by atoms with E-state index in [1.54, 1.807) is 50.1 Å². The lowest BCUT2D eigenvalue weighted by Gasteiger charge is -2.39. The summed E-state index contributed by atoms with van der Waals surface area (Å²) in [5.41, 5.74) is 9.71. The Hall–Kier alpha value is -6.48. The van der Waals surface area contributed by atoms with Gasteiger partial charge in [-0.05, 0) is 102 Å². The van der Waals surface area contributed by atoms with E-state index in [0.29, 0.717) is 16.2 Å². The number of fused-ring (bicyclic) bond motifs is 6. The van der Waals surface area contributed by atoms with E-state index >= 15 is 0 Å². The van der Waals surface area contributed by atoms with Crippen molar-refractivity contribution >= 4 is 81.3 Å². The highest BCUT2D eigenvalue weighted by Gasteiger charge is 2.34. The highest BCUT2D eigenvalue weighted by Crippen LogP contribution is 2.57. The molecular weight excluding hydrogens is 922 g/mol. The third-order valence-corrected chi connectivity index (χ3v) is 17.3. The predicted octanol–water partition coefficient (Wildman–Crippen LogP) is 14.8. The van der Waals surface area contributed by atoms with Crippen LogP contribution in [0.15, 0.2) is 185 Å². The first-order chi connectivity index (χ1) is 34.9. The Kier molecular flexibility index (Phi) is 16.8. The summed E-state index contributed by atoms with van der Waals surface area (Å²) in [7, 11) is 1.85. The van der Waals surface area contributed by atoms with Gasteiger partial charge in [-0.2, -0.15) is 0 Å². The summed E-state index contributed by atoms with van der Waals surface area (Å²) in [6, 6.07) is 53.9. The quantitative estimate of drug-likeness (QED) is 0.0880. The summed E-state index contributed by atoms with van der Waals surface area (Å²) in [5.74, 6) is 1.83. The fourth-order valence-corrected chi connectivity index (χ4v) is 14.3. The van der Waals surface area contributed by atoms with Crippen LogP contribution in [0, 0.1) is 0 Å². The van der Waals surface area contributed by atoms with Gasteiger partial charge in [-0.1, -0.05) is 167 Å². The molecule has 10 aromatic rings. The highest BCUT2D eigenvalue weighted by molar-refractivity contribution is 7.67. The minimum Gasteiger partial charge on any atom is -0.496 e. The number of nitrogens with zero attached hydrogens (tertiary/aromatic N) is 2. The van der Waals surface area contributed by atoms with Crippen molar-refractivity contribution in [3.05, 3.63) is 181 Å². The number of benzene rings is 6. The molecule has 0 aliphatic heterocycles. The zero-order valence-electron chi connectivity index (χ0n) is 40.3. The second kappa shape index (κ2) is 24.1.